The van der Waals surface area contributed by atoms with Gasteiger partial charge in [0, 0.05) is 31.0 Å². The van der Waals surface area contributed by atoms with E-state index in [-0.39, 0.29) is 11.9 Å². The molecule has 1 heterocycles. The van der Waals surface area contributed by atoms with E-state index in [1.807, 2.05) is 42.1 Å². The molecule has 3 aromatic rings. The number of hydrogen-bond donors (Lipinski definition) is 1. The number of hydrogen-bond acceptors (Lipinski definition) is 2. The molecule has 0 saturated carbocycles. The van der Waals surface area contributed by atoms with Crippen LogP contribution in [0.2, 0.25) is 5.02 Å². The maximum atomic E-state index is 13.2. The second-order valence-corrected chi connectivity index (χ2v) is 5.76. The van der Waals surface area contributed by atoms with E-state index in [1.54, 1.807) is 18.3 Å². The zero-order valence-electron chi connectivity index (χ0n) is 12.7. The molecule has 5 heteroatoms. The summed E-state index contributed by atoms with van der Waals surface area (Å²) in [4.78, 5) is 4.42. The zero-order valence-corrected chi connectivity index (χ0v) is 13.5. The van der Waals surface area contributed by atoms with Crippen LogP contribution in [0.15, 0.2) is 60.9 Å². The van der Waals surface area contributed by atoms with Crippen LogP contribution in [0.1, 0.15) is 23.0 Å². The van der Waals surface area contributed by atoms with Gasteiger partial charge in [-0.2, -0.15) is 0 Å². The minimum atomic E-state index is -0.251. The van der Waals surface area contributed by atoms with Crippen LogP contribution in [0.4, 0.5) is 4.39 Å². The SMILES string of the molecule is Cn1ccnc1C(NCc1ccccc1Cl)c1ccc(F)cc1. The van der Waals surface area contributed by atoms with E-state index in [0.717, 1.165) is 22.0 Å². The second-order valence-electron chi connectivity index (χ2n) is 5.35. The van der Waals surface area contributed by atoms with Crippen LogP contribution < -0.4 is 5.32 Å². The summed E-state index contributed by atoms with van der Waals surface area (Å²) in [5, 5.41) is 4.19. The van der Waals surface area contributed by atoms with Crippen molar-refractivity contribution in [2.24, 2.45) is 7.05 Å². The third-order valence-corrected chi connectivity index (χ3v) is 4.14. The van der Waals surface area contributed by atoms with Crippen molar-refractivity contribution in [3.63, 3.8) is 0 Å². The summed E-state index contributed by atoms with van der Waals surface area (Å²) in [5.74, 6) is 0.613. The molecular formula is C18H17ClFN3. The quantitative estimate of drug-likeness (QED) is 0.764. The Morgan fingerprint density at radius 1 is 1.17 bits per heavy atom. The highest BCUT2D eigenvalue weighted by atomic mass is 35.5. The molecule has 1 aromatic heterocycles. The first-order chi connectivity index (χ1) is 11.1. The van der Waals surface area contributed by atoms with Crippen molar-refractivity contribution in [1.82, 2.24) is 14.9 Å². The number of benzene rings is 2. The second kappa shape index (κ2) is 6.94. The number of aryl methyl sites for hydroxylation is 1. The van der Waals surface area contributed by atoms with E-state index in [2.05, 4.69) is 10.3 Å². The first-order valence-electron chi connectivity index (χ1n) is 7.34. The molecule has 23 heavy (non-hydrogen) atoms. The summed E-state index contributed by atoms with van der Waals surface area (Å²) < 4.78 is 15.2. The molecule has 2 aromatic carbocycles. The van der Waals surface area contributed by atoms with Gasteiger partial charge in [0.2, 0.25) is 0 Å². The molecule has 1 atom stereocenters. The summed E-state index contributed by atoms with van der Waals surface area (Å²) in [5.41, 5.74) is 1.96. The summed E-state index contributed by atoms with van der Waals surface area (Å²) >= 11 is 6.22. The third-order valence-electron chi connectivity index (χ3n) is 3.77. The van der Waals surface area contributed by atoms with Crippen LogP contribution in [0, 0.1) is 5.82 Å². The Balaban J connectivity index is 1.88. The van der Waals surface area contributed by atoms with Crippen molar-refractivity contribution in [2.45, 2.75) is 12.6 Å². The minimum absolute atomic E-state index is 0.146. The predicted octanol–water partition coefficient (Wildman–Crippen LogP) is 4.09. The molecule has 0 fully saturated rings. The lowest BCUT2D eigenvalue weighted by molar-refractivity contribution is 0.556. The molecule has 0 spiro atoms. The topological polar surface area (TPSA) is 29.9 Å². The Bertz CT molecular complexity index is 783. The molecule has 0 aliphatic rings. The van der Waals surface area contributed by atoms with E-state index in [1.165, 1.54) is 12.1 Å². The zero-order chi connectivity index (χ0) is 16.2. The van der Waals surface area contributed by atoms with Gasteiger partial charge in [-0.1, -0.05) is 41.9 Å². The predicted molar refractivity (Wildman–Crippen MR) is 89.7 cm³/mol. The van der Waals surface area contributed by atoms with Gasteiger partial charge in [-0.15, -0.1) is 0 Å². The average molecular weight is 330 g/mol. The van der Waals surface area contributed by atoms with Gasteiger partial charge in [-0.3, -0.25) is 5.32 Å². The minimum Gasteiger partial charge on any atom is -0.336 e. The average Bonchev–Trinajstić information content (AvgIpc) is 2.97. The van der Waals surface area contributed by atoms with Crippen molar-refractivity contribution >= 4 is 11.6 Å². The fourth-order valence-electron chi connectivity index (χ4n) is 2.52. The molecule has 0 radical (unpaired) electrons. The molecule has 1 N–H and O–H groups in total. The summed E-state index contributed by atoms with van der Waals surface area (Å²) in [6.07, 6.45) is 3.64. The third kappa shape index (κ3) is 3.60. The number of halogens is 2. The molecule has 0 bridgehead atoms. The van der Waals surface area contributed by atoms with Gasteiger partial charge >= 0.3 is 0 Å². The van der Waals surface area contributed by atoms with Gasteiger partial charge in [0.05, 0.1) is 6.04 Å². The molecule has 118 valence electrons. The smallest absolute Gasteiger partial charge is 0.130 e. The lowest BCUT2D eigenvalue weighted by Gasteiger charge is -2.19. The van der Waals surface area contributed by atoms with E-state index in [4.69, 9.17) is 11.6 Å². The number of aromatic nitrogens is 2. The lowest BCUT2D eigenvalue weighted by Crippen LogP contribution is -2.25. The Morgan fingerprint density at radius 2 is 1.91 bits per heavy atom. The largest absolute Gasteiger partial charge is 0.336 e. The number of nitrogens with zero attached hydrogens (tertiary/aromatic N) is 2. The maximum Gasteiger partial charge on any atom is 0.130 e. The number of imidazole rings is 1. The summed E-state index contributed by atoms with van der Waals surface area (Å²) in [6.45, 7) is 0.592. The van der Waals surface area contributed by atoms with E-state index >= 15 is 0 Å². The van der Waals surface area contributed by atoms with Crippen molar-refractivity contribution < 1.29 is 4.39 Å². The normalized spacial score (nSPS) is 12.3. The fraction of sp³-hybridized carbons (Fsp3) is 0.167. The van der Waals surface area contributed by atoms with Gasteiger partial charge < -0.3 is 4.57 Å². The van der Waals surface area contributed by atoms with Crippen molar-refractivity contribution in [3.05, 3.63) is 88.7 Å². The first-order valence-corrected chi connectivity index (χ1v) is 7.72. The molecule has 0 amide bonds. The van der Waals surface area contributed by atoms with Crippen LogP contribution >= 0.6 is 11.6 Å². The molecule has 3 nitrogen and oxygen atoms in total. The summed E-state index contributed by atoms with van der Waals surface area (Å²) in [6, 6.07) is 14.0. The Kier molecular flexibility index (Phi) is 4.74. The van der Waals surface area contributed by atoms with Crippen LogP contribution in [-0.2, 0) is 13.6 Å². The summed E-state index contributed by atoms with van der Waals surface area (Å²) in [7, 11) is 1.94. The number of rotatable bonds is 5. The standard InChI is InChI=1S/C18H17ClFN3/c1-23-11-10-21-18(23)17(13-6-8-15(20)9-7-13)22-12-14-4-2-3-5-16(14)19/h2-11,17,22H,12H2,1H3. The molecule has 1 unspecified atom stereocenters. The molecule has 3 rings (SSSR count). The van der Waals surface area contributed by atoms with Crippen LogP contribution in [-0.4, -0.2) is 9.55 Å². The van der Waals surface area contributed by atoms with Crippen LogP contribution in [0.5, 0.6) is 0 Å². The van der Waals surface area contributed by atoms with Gasteiger partial charge in [-0.05, 0) is 29.3 Å². The van der Waals surface area contributed by atoms with Gasteiger partial charge in [-0.25, -0.2) is 9.37 Å². The Hall–Kier alpha value is -2.17. The lowest BCUT2D eigenvalue weighted by atomic mass is 10.1. The van der Waals surface area contributed by atoms with E-state index in [0.29, 0.717) is 6.54 Å². The molecule has 0 saturated heterocycles. The highest BCUT2D eigenvalue weighted by Gasteiger charge is 2.18. The molecule has 0 aliphatic heterocycles. The van der Waals surface area contributed by atoms with Crippen molar-refractivity contribution in [1.29, 1.82) is 0 Å². The van der Waals surface area contributed by atoms with E-state index < -0.39 is 0 Å². The monoisotopic (exact) mass is 329 g/mol. The molecule has 0 aliphatic carbocycles. The van der Waals surface area contributed by atoms with Crippen molar-refractivity contribution in [2.75, 3.05) is 0 Å². The van der Waals surface area contributed by atoms with Crippen molar-refractivity contribution in [3.8, 4) is 0 Å². The van der Waals surface area contributed by atoms with Gasteiger partial charge in [0.1, 0.15) is 11.6 Å². The Morgan fingerprint density at radius 3 is 2.57 bits per heavy atom. The molecular weight excluding hydrogens is 313 g/mol. The maximum absolute atomic E-state index is 13.2. The van der Waals surface area contributed by atoms with Crippen LogP contribution in [0.25, 0.3) is 0 Å². The highest BCUT2D eigenvalue weighted by molar-refractivity contribution is 6.31. The van der Waals surface area contributed by atoms with Crippen LogP contribution in [0.3, 0.4) is 0 Å². The number of nitrogens with one attached hydrogen (secondary N) is 1. The highest BCUT2D eigenvalue weighted by Crippen LogP contribution is 2.23. The van der Waals surface area contributed by atoms with E-state index in [9.17, 15) is 4.39 Å². The van der Waals surface area contributed by atoms with Gasteiger partial charge in [0.25, 0.3) is 0 Å². The van der Waals surface area contributed by atoms with Gasteiger partial charge in [0.15, 0.2) is 0 Å². The Labute approximate surface area is 139 Å². The first kappa shape index (κ1) is 15.7. The fourth-order valence-corrected chi connectivity index (χ4v) is 2.73.